The molecule has 1 saturated heterocycles. The molecule has 9 heteroatoms. The van der Waals surface area contributed by atoms with E-state index >= 15 is 0 Å². The third-order valence-corrected chi connectivity index (χ3v) is 7.31. The van der Waals surface area contributed by atoms with Gasteiger partial charge in [0, 0.05) is 30.9 Å². The van der Waals surface area contributed by atoms with Crippen LogP contribution in [0.4, 0.5) is 5.69 Å². The van der Waals surface area contributed by atoms with Gasteiger partial charge in [-0.25, -0.2) is 8.42 Å². The Balaban J connectivity index is 1.38. The fourth-order valence-corrected chi connectivity index (χ4v) is 4.93. The second-order valence-electron chi connectivity index (χ2n) is 7.56. The van der Waals surface area contributed by atoms with Crippen LogP contribution < -0.4 is 5.32 Å². The molecule has 0 bridgehead atoms. The molecule has 1 aliphatic heterocycles. The van der Waals surface area contributed by atoms with Gasteiger partial charge in [-0.15, -0.1) is 0 Å². The molecule has 1 aromatic carbocycles. The van der Waals surface area contributed by atoms with E-state index in [1.807, 2.05) is 32.0 Å². The molecule has 2 N–H and O–H groups in total. The van der Waals surface area contributed by atoms with Crippen LogP contribution in [0.3, 0.4) is 0 Å². The molecule has 8 nitrogen and oxygen atoms in total. The lowest BCUT2D eigenvalue weighted by Crippen LogP contribution is -2.41. The van der Waals surface area contributed by atoms with E-state index in [0.29, 0.717) is 24.3 Å². The van der Waals surface area contributed by atoms with E-state index in [-0.39, 0.29) is 30.0 Å². The highest BCUT2D eigenvalue weighted by Gasteiger charge is 2.34. The number of H-pyrrole nitrogens is 1. The molecule has 0 saturated carbocycles. The lowest BCUT2D eigenvalue weighted by Gasteiger charge is -2.29. The topological polar surface area (TPSA) is 108 Å². The summed E-state index contributed by atoms with van der Waals surface area (Å²) in [7, 11) is -3.75. The summed E-state index contributed by atoms with van der Waals surface area (Å²) < 4.78 is 32.7. The molecule has 0 atom stereocenters. The van der Waals surface area contributed by atoms with Crippen molar-refractivity contribution in [2.75, 3.05) is 18.4 Å². The monoisotopic (exact) mass is 428 g/mol. The van der Waals surface area contributed by atoms with Crippen LogP contribution >= 0.6 is 0 Å². The number of benzene rings is 1. The third kappa shape index (κ3) is 4.03. The van der Waals surface area contributed by atoms with E-state index in [2.05, 4.69) is 15.5 Å². The Labute approximate surface area is 175 Å². The largest absolute Gasteiger partial charge is 0.442 e. The molecule has 0 unspecified atom stereocenters. The van der Waals surface area contributed by atoms with E-state index in [9.17, 15) is 13.2 Å². The summed E-state index contributed by atoms with van der Waals surface area (Å²) in [4.78, 5) is 12.6. The first-order chi connectivity index (χ1) is 14.3. The van der Waals surface area contributed by atoms with Gasteiger partial charge in [-0.3, -0.25) is 9.89 Å². The maximum atomic E-state index is 12.9. The molecule has 3 aromatic rings. The highest BCUT2D eigenvalue weighted by atomic mass is 32.2. The van der Waals surface area contributed by atoms with Gasteiger partial charge >= 0.3 is 0 Å². The summed E-state index contributed by atoms with van der Waals surface area (Å²) in [5.41, 5.74) is 3.65. The van der Waals surface area contributed by atoms with Crippen LogP contribution in [-0.2, 0) is 14.8 Å². The van der Waals surface area contributed by atoms with Crippen LogP contribution in [0, 0.1) is 19.8 Å². The van der Waals surface area contributed by atoms with Crippen molar-refractivity contribution in [2.45, 2.75) is 31.8 Å². The quantitative estimate of drug-likeness (QED) is 0.648. The summed E-state index contributed by atoms with van der Waals surface area (Å²) in [5.74, 6) is 0.110. The third-order valence-electron chi connectivity index (χ3n) is 5.54. The van der Waals surface area contributed by atoms with Crippen molar-refractivity contribution in [1.82, 2.24) is 14.5 Å². The number of nitrogens with zero attached hydrogens (tertiary/aromatic N) is 2. The zero-order valence-corrected chi connectivity index (χ0v) is 17.7. The number of rotatable bonds is 5. The minimum atomic E-state index is -3.75. The minimum Gasteiger partial charge on any atom is -0.442 e. The molecule has 158 valence electrons. The van der Waals surface area contributed by atoms with E-state index in [1.54, 1.807) is 18.3 Å². The molecular weight excluding hydrogens is 404 g/mol. The van der Waals surface area contributed by atoms with Gasteiger partial charge in [-0.1, -0.05) is 6.07 Å². The number of hydrogen-bond donors (Lipinski definition) is 2. The molecule has 1 amide bonds. The predicted octanol–water partition coefficient (Wildman–Crippen LogP) is 3.33. The zero-order valence-electron chi connectivity index (χ0n) is 16.9. The molecule has 0 aliphatic carbocycles. The first-order valence-corrected chi connectivity index (χ1v) is 11.3. The van der Waals surface area contributed by atoms with Gasteiger partial charge in [-0.05, 0) is 68.1 Å². The number of carbonyl (C=O) groups is 1. The van der Waals surface area contributed by atoms with Crippen LogP contribution in [0.2, 0.25) is 0 Å². The van der Waals surface area contributed by atoms with E-state index in [1.165, 1.54) is 15.9 Å². The molecule has 3 heterocycles. The number of nitrogens with one attached hydrogen (secondary N) is 2. The van der Waals surface area contributed by atoms with Crippen LogP contribution in [-0.4, -0.2) is 41.9 Å². The normalized spacial score (nSPS) is 15.9. The summed E-state index contributed by atoms with van der Waals surface area (Å²) in [6.07, 6.45) is 2.49. The lowest BCUT2D eigenvalue weighted by atomic mass is 9.97. The summed E-state index contributed by atoms with van der Waals surface area (Å²) in [6, 6.07) is 10.6. The van der Waals surface area contributed by atoms with E-state index in [4.69, 9.17) is 4.42 Å². The van der Waals surface area contributed by atoms with Crippen LogP contribution in [0.5, 0.6) is 0 Å². The highest BCUT2D eigenvalue weighted by Crippen LogP contribution is 2.28. The predicted molar refractivity (Wildman–Crippen MR) is 112 cm³/mol. The van der Waals surface area contributed by atoms with Crippen molar-refractivity contribution in [3.63, 3.8) is 0 Å². The average molecular weight is 429 g/mol. The number of aromatic nitrogens is 2. The first-order valence-electron chi connectivity index (χ1n) is 9.82. The Morgan fingerprint density at radius 2 is 1.90 bits per heavy atom. The smallest absolute Gasteiger partial charge is 0.276 e. The van der Waals surface area contributed by atoms with Gasteiger partial charge in [0.1, 0.15) is 5.69 Å². The number of aromatic amines is 1. The molecule has 0 spiro atoms. The van der Waals surface area contributed by atoms with Gasteiger partial charge < -0.3 is 9.73 Å². The van der Waals surface area contributed by atoms with Gasteiger partial charge in [0.05, 0.1) is 0 Å². The number of furan rings is 1. The number of hydrogen-bond acceptors (Lipinski definition) is 5. The van der Waals surface area contributed by atoms with E-state index in [0.717, 1.165) is 11.3 Å². The number of aryl methyl sites for hydroxylation is 2. The first kappa shape index (κ1) is 20.4. The number of piperidine rings is 1. The number of amides is 1. The second kappa shape index (κ2) is 8.08. The van der Waals surface area contributed by atoms with Crippen molar-refractivity contribution in [2.24, 2.45) is 5.92 Å². The standard InChI is InChI=1S/C21H24N4O4S/c1-14-3-4-17(13-15(14)2)23-21(26)16-8-11-25(12-9-16)30(27,28)20-6-5-19(29-20)18-7-10-22-24-18/h3-7,10,13,16H,8-9,11-12H2,1-2H3,(H,22,24)(H,23,26). The maximum Gasteiger partial charge on any atom is 0.276 e. The van der Waals surface area contributed by atoms with E-state index < -0.39 is 10.0 Å². The van der Waals surface area contributed by atoms with Crippen LogP contribution in [0.25, 0.3) is 11.5 Å². The fraction of sp³-hybridized carbons (Fsp3) is 0.333. The number of anilines is 1. The minimum absolute atomic E-state index is 0.0742. The Bertz CT molecular complexity index is 1140. The Hall–Kier alpha value is -2.91. The Morgan fingerprint density at radius 3 is 2.57 bits per heavy atom. The summed E-state index contributed by atoms with van der Waals surface area (Å²) in [5, 5.41) is 9.43. The second-order valence-corrected chi connectivity index (χ2v) is 9.42. The van der Waals surface area contributed by atoms with Crippen molar-refractivity contribution in [3.05, 3.63) is 53.7 Å². The lowest BCUT2D eigenvalue weighted by molar-refractivity contribution is -0.120. The number of carbonyl (C=O) groups excluding carboxylic acids is 1. The SMILES string of the molecule is Cc1ccc(NC(=O)C2CCN(S(=O)(=O)c3ccc(-c4ccn[nH]4)o3)CC2)cc1C. The highest BCUT2D eigenvalue weighted by molar-refractivity contribution is 7.89. The molecular formula is C21H24N4O4S. The van der Waals surface area contributed by atoms with Gasteiger partial charge in [-0.2, -0.15) is 9.40 Å². The van der Waals surface area contributed by atoms with Gasteiger partial charge in [0.25, 0.3) is 10.0 Å². The van der Waals surface area contributed by atoms with Crippen molar-refractivity contribution in [3.8, 4) is 11.5 Å². The Morgan fingerprint density at radius 1 is 1.13 bits per heavy atom. The summed E-state index contributed by atoms with van der Waals surface area (Å²) in [6.45, 7) is 4.57. The van der Waals surface area contributed by atoms with Crippen molar-refractivity contribution in [1.29, 1.82) is 0 Å². The molecule has 4 rings (SSSR count). The van der Waals surface area contributed by atoms with Crippen LogP contribution in [0.15, 0.2) is 52.1 Å². The molecule has 30 heavy (non-hydrogen) atoms. The molecule has 1 aliphatic rings. The molecule has 2 aromatic heterocycles. The zero-order chi connectivity index (χ0) is 21.3. The average Bonchev–Trinajstić information content (AvgIpc) is 3.43. The van der Waals surface area contributed by atoms with Crippen molar-refractivity contribution >= 4 is 21.6 Å². The Kier molecular flexibility index (Phi) is 5.48. The van der Waals surface area contributed by atoms with Gasteiger partial charge in [0.15, 0.2) is 5.76 Å². The molecule has 0 radical (unpaired) electrons. The number of sulfonamides is 1. The summed E-state index contributed by atoms with van der Waals surface area (Å²) >= 11 is 0. The van der Waals surface area contributed by atoms with Gasteiger partial charge in [0.2, 0.25) is 11.0 Å². The molecule has 1 fully saturated rings. The fourth-order valence-electron chi connectivity index (χ4n) is 3.55. The maximum absolute atomic E-state index is 12.9. The van der Waals surface area contributed by atoms with Crippen molar-refractivity contribution < 1.29 is 17.6 Å². The van der Waals surface area contributed by atoms with Crippen LogP contribution in [0.1, 0.15) is 24.0 Å².